The molecule has 0 unspecified atom stereocenters. The molecule has 2 aliphatic rings. The van der Waals surface area contributed by atoms with Gasteiger partial charge in [0.1, 0.15) is 17.5 Å². The first-order valence-electron chi connectivity index (χ1n) is 6.84. The highest BCUT2D eigenvalue weighted by molar-refractivity contribution is 8.01. The molecule has 2 fully saturated rings. The number of nitrogens with one attached hydrogen (secondary N) is 1. The Bertz CT molecular complexity index is 629. The molecule has 0 spiro atoms. The smallest absolute Gasteiger partial charge is 0.327 e. The average molecular weight is 340 g/mol. The second kappa shape index (κ2) is 5.27. The van der Waals surface area contributed by atoms with Gasteiger partial charge in [0.25, 0.3) is 0 Å². The van der Waals surface area contributed by atoms with Crippen molar-refractivity contribution in [2.24, 2.45) is 0 Å². The summed E-state index contributed by atoms with van der Waals surface area (Å²) in [5.74, 6) is -1.53. The fourth-order valence-corrected chi connectivity index (χ4v) is 5.24. The maximum Gasteiger partial charge on any atom is 0.327 e. The summed E-state index contributed by atoms with van der Waals surface area (Å²) in [6.07, 6.45) is 0.233. The number of thioether (sulfide) groups is 1. The molecule has 8 heteroatoms. The molecule has 0 saturated carbocycles. The Morgan fingerprint density at radius 1 is 1.45 bits per heavy atom. The van der Waals surface area contributed by atoms with Crippen LogP contribution in [0.25, 0.3) is 0 Å². The van der Waals surface area contributed by atoms with Gasteiger partial charge in [0.2, 0.25) is 11.8 Å². The number of carbonyl (C=O) groups is 3. The highest BCUT2D eigenvalue weighted by Crippen LogP contribution is 2.50. The lowest BCUT2D eigenvalue weighted by Gasteiger charge is -2.43. The lowest BCUT2D eigenvalue weighted by Crippen LogP contribution is -2.70. The van der Waals surface area contributed by atoms with Crippen LogP contribution in [0, 0.1) is 0 Å². The quantitative estimate of drug-likeness (QED) is 0.796. The maximum absolute atomic E-state index is 12.2. The number of thiophene rings is 1. The van der Waals surface area contributed by atoms with Gasteiger partial charge in [0.05, 0.1) is 6.42 Å². The van der Waals surface area contributed by atoms with Gasteiger partial charge >= 0.3 is 5.97 Å². The molecule has 3 atom stereocenters. The van der Waals surface area contributed by atoms with Crippen LogP contribution in [-0.2, 0) is 20.8 Å². The standard InChI is InChI=1S/C14H16N2O4S2/c1-14(2)10(13(19)20)16-11(18)9(12(16)22-14)15-8(17)5-7-3-4-21-6-7/h3-4,6,9-10,12H,5H2,1-2H3,(H,15,17)(H,19,20)/t9-,10-,12+/m0/s1. The molecule has 2 N–H and O–H groups in total. The van der Waals surface area contributed by atoms with Crippen molar-refractivity contribution >= 4 is 40.9 Å². The summed E-state index contributed by atoms with van der Waals surface area (Å²) in [6.45, 7) is 3.62. The monoisotopic (exact) mass is 340 g/mol. The van der Waals surface area contributed by atoms with Gasteiger partial charge in [-0.15, -0.1) is 11.8 Å². The second-order valence-corrected chi connectivity index (χ2v) is 8.50. The first kappa shape index (κ1) is 15.4. The van der Waals surface area contributed by atoms with Crippen molar-refractivity contribution in [1.82, 2.24) is 10.2 Å². The van der Waals surface area contributed by atoms with E-state index in [9.17, 15) is 19.5 Å². The highest BCUT2D eigenvalue weighted by atomic mass is 32.2. The van der Waals surface area contributed by atoms with Crippen LogP contribution in [0.4, 0.5) is 0 Å². The summed E-state index contributed by atoms with van der Waals surface area (Å²) in [5.41, 5.74) is 0.911. The van der Waals surface area contributed by atoms with Gasteiger partial charge in [-0.3, -0.25) is 9.59 Å². The molecule has 1 aromatic heterocycles. The number of hydrogen-bond acceptors (Lipinski definition) is 5. The summed E-state index contributed by atoms with van der Waals surface area (Å²) in [7, 11) is 0. The Balaban J connectivity index is 1.67. The van der Waals surface area contributed by atoms with Crippen LogP contribution in [0.2, 0.25) is 0 Å². The van der Waals surface area contributed by atoms with Crippen LogP contribution in [-0.4, -0.2) is 50.0 Å². The molecule has 2 saturated heterocycles. The number of carboxylic acid groups (broad SMARTS) is 1. The Morgan fingerprint density at radius 2 is 2.18 bits per heavy atom. The number of hydrogen-bond donors (Lipinski definition) is 2. The normalized spacial score (nSPS) is 28.9. The van der Waals surface area contributed by atoms with Crippen LogP contribution in [0.3, 0.4) is 0 Å². The number of rotatable bonds is 4. The fourth-order valence-electron chi connectivity index (χ4n) is 2.95. The number of β-lactam (4-membered cyclic amide) rings is 1. The van der Waals surface area contributed by atoms with Crippen molar-refractivity contribution in [2.75, 3.05) is 0 Å². The second-order valence-electron chi connectivity index (χ2n) is 5.95. The molecule has 6 nitrogen and oxygen atoms in total. The van der Waals surface area contributed by atoms with E-state index in [1.165, 1.54) is 28.0 Å². The number of nitrogens with zero attached hydrogens (tertiary/aromatic N) is 1. The van der Waals surface area contributed by atoms with E-state index < -0.39 is 22.8 Å². The Kier molecular flexibility index (Phi) is 3.68. The lowest BCUT2D eigenvalue weighted by atomic mass is 9.96. The Labute approximate surface area is 135 Å². The topological polar surface area (TPSA) is 86.7 Å². The molecule has 118 valence electrons. The molecule has 0 bridgehead atoms. The van der Waals surface area contributed by atoms with Crippen LogP contribution in [0.5, 0.6) is 0 Å². The van der Waals surface area contributed by atoms with E-state index in [2.05, 4.69) is 5.32 Å². The van der Waals surface area contributed by atoms with Crippen molar-refractivity contribution < 1.29 is 19.5 Å². The predicted octanol–water partition coefficient (Wildman–Crippen LogP) is 0.922. The fraction of sp³-hybridized carbons (Fsp3) is 0.500. The van der Waals surface area contributed by atoms with Crippen LogP contribution >= 0.6 is 23.1 Å². The number of carbonyl (C=O) groups excluding carboxylic acids is 2. The van der Waals surface area contributed by atoms with Gasteiger partial charge in [-0.25, -0.2) is 4.79 Å². The first-order valence-corrected chi connectivity index (χ1v) is 8.67. The zero-order valence-corrected chi connectivity index (χ0v) is 13.7. The zero-order chi connectivity index (χ0) is 16.1. The minimum atomic E-state index is -1.00. The number of carboxylic acids is 1. The van der Waals surface area contributed by atoms with Crippen LogP contribution in [0.15, 0.2) is 16.8 Å². The van der Waals surface area contributed by atoms with Gasteiger partial charge in [-0.1, -0.05) is 0 Å². The van der Waals surface area contributed by atoms with Crippen molar-refractivity contribution in [3.8, 4) is 0 Å². The van der Waals surface area contributed by atoms with E-state index in [4.69, 9.17) is 0 Å². The number of amides is 2. The minimum Gasteiger partial charge on any atom is -0.480 e. The van der Waals surface area contributed by atoms with Crippen molar-refractivity contribution in [1.29, 1.82) is 0 Å². The minimum absolute atomic E-state index is 0.214. The molecule has 0 aromatic carbocycles. The van der Waals surface area contributed by atoms with E-state index >= 15 is 0 Å². The Morgan fingerprint density at radius 3 is 2.77 bits per heavy atom. The molecular weight excluding hydrogens is 324 g/mol. The molecule has 0 radical (unpaired) electrons. The van der Waals surface area contributed by atoms with Crippen molar-refractivity contribution in [2.45, 2.75) is 42.5 Å². The van der Waals surface area contributed by atoms with Gasteiger partial charge in [0.15, 0.2) is 0 Å². The van der Waals surface area contributed by atoms with E-state index in [0.717, 1.165) is 5.56 Å². The van der Waals surface area contributed by atoms with Crippen molar-refractivity contribution in [3.05, 3.63) is 22.4 Å². The van der Waals surface area contributed by atoms with Crippen LogP contribution < -0.4 is 5.32 Å². The lowest BCUT2D eigenvalue weighted by molar-refractivity contribution is -0.161. The molecule has 3 rings (SSSR count). The number of aliphatic carboxylic acids is 1. The molecule has 2 aliphatic heterocycles. The molecule has 22 heavy (non-hydrogen) atoms. The Hall–Kier alpha value is -1.54. The number of fused-ring (bicyclic) bond motifs is 1. The summed E-state index contributed by atoms with van der Waals surface area (Å²) in [5, 5.41) is 15.6. The SMILES string of the molecule is CC1(C)S[C@@H]2[C@@H](NC(=O)Cc3ccsc3)C(=O)N2[C@H]1C(=O)O. The molecule has 0 aliphatic carbocycles. The molecule has 1 aromatic rings. The maximum atomic E-state index is 12.2. The molecule has 3 heterocycles. The van der Waals surface area contributed by atoms with E-state index in [0.29, 0.717) is 0 Å². The summed E-state index contributed by atoms with van der Waals surface area (Å²) in [6, 6.07) is 0.396. The third-order valence-corrected chi connectivity index (χ3v) is 6.24. The highest BCUT2D eigenvalue weighted by Gasteiger charge is 2.64. The summed E-state index contributed by atoms with van der Waals surface area (Å²) >= 11 is 2.94. The third kappa shape index (κ3) is 2.40. The molecule has 2 amide bonds. The van der Waals surface area contributed by atoms with Crippen LogP contribution in [0.1, 0.15) is 19.4 Å². The first-order chi connectivity index (χ1) is 10.3. The van der Waals surface area contributed by atoms with Crippen molar-refractivity contribution in [3.63, 3.8) is 0 Å². The van der Waals surface area contributed by atoms with Gasteiger partial charge < -0.3 is 15.3 Å². The predicted molar refractivity (Wildman–Crippen MR) is 83.7 cm³/mol. The average Bonchev–Trinajstić information content (AvgIpc) is 3.00. The van der Waals surface area contributed by atoms with E-state index in [-0.39, 0.29) is 23.6 Å². The summed E-state index contributed by atoms with van der Waals surface area (Å²) < 4.78 is -0.570. The van der Waals surface area contributed by atoms with Gasteiger partial charge in [0, 0.05) is 4.75 Å². The molecular formula is C14H16N2O4S2. The zero-order valence-electron chi connectivity index (χ0n) is 12.1. The summed E-state index contributed by atoms with van der Waals surface area (Å²) in [4.78, 5) is 37.0. The third-order valence-electron chi connectivity index (χ3n) is 3.94. The van der Waals surface area contributed by atoms with Gasteiger partial charge in [-0.05, 0) is 36.2 Å². The largest absolute Gasteiger partial charge is 0.480 e. The van der Waals surface area contributed by atoms with E-state index in [1.807, 2.05) is 30.7 Å². The van der Waals surface area contributed by atoms with Gasteiger partial charge in [-0.2, -0.15) is 11.3 Å². The van der Waals surface area contributed by atoms with E-state index in [1.54, 1.807) is 0 Å².